The lowest BCUT2D eigenvalue weighted by Gasteiger charge is -2.05. The topological polar surface area (TPSA) is 68.2 Å². The van der Waals surface area contributed by atoms with E-state index in [1.807, 2.05) is 30.9 Å². The van der Waals surface area contributed by atoms with Gasteiger partial charge in [-0.1, -0.05) is 12.2 Å². The highest BCUT2D eigenvalue weighted by atomic mass is 127. The molecule has 0 spiro atoms. The number of aliphatic imine (C=N–C) groups is 1. The molecule has 0 saturated carbocycles. The van der Waals surface area contributed by atoms with Crippen LogP contribution in [0.4, 0.5) is 0 Å². The van der Waals surface area contributed by atoms with Crippen LogP contribution in [-0.4, -0.2) is 28.8 Å². The Morgan fingerprint density at radius 2 is 2.35 bits per heavy atom. The number of hydrogen-bond donors (Lipinski definition) is 2. The zero-order valence-corrected chi connectivity index (χ0v) is 12.6. The van der Waals surface area contributed by atoms with Crippen LogP contribution in [0.15, 0.2) is 29.5 Å². The average Bonchev–Trinajstić information content (AvgIpc) is 2.61. The summed E-state index contributed by atoms with van der Waals surface area (Å²) in [7, 11) is 0. The van der Waals surface area contributed by atoms with Gasteiger partial charge in [-0.05, 0) is 19.4 Å². The first-order chi connectivity index (χ1) is 7.58. The first-order valence-corrected chi connectivity index (χ1v) is 5.25. The predicted octanol–water partition coefficient (Wildman–Crippen LogP) is 1.29. The fraction of sp³-hybridized carbons (Fsp3) is 0.455. The lowest BCUT2D eigenvalue weighted by molar-refractivity contribution is 0.601. The number of halogens is 1. The standard InChI is InChI=1S/C11H19N5.HI/c1-9(2)6-14-11(12)13-4-5-16-8-10(3)7-15-16;/h7-8H,1,4-6H2,2-3H3,(H3,12,13,14);1H. The number of rotatable bonds is 5. The summed E-state index contributed by atoms with van der Waals surface area (Å²) in [6.45, 7) is 9.75. The summed E-state index contributed by atoms with van der Waals surface area (Å²) < 4.78 is 1.87. The summed E-state index contributed by atoms with van der Waals surface area (Å²) in [5.74, 6) is 0.451. The first-order valence-electron chi connectivity index (χ1n) is 5.25. The lowest BCUT2D eigenvalue weighted by atomic mass is 10.4. The maximum absolute atomic E-state index is 5.66. The van der Waals surface area contributed by atoms with E-state index in [0.717, 1.165) is 17.7 Å². The number of aromatic nitrogens is 2. The van der Waals surface area contributed by atoms with Gasteiger partial charge in [0.1, 0.15) is 0 Å². The minimum atomic E-state index is 0. The Balaban J connectivity index is 0.00000256. The van der Waals surface area contributed by atoms with Crippen molar-refractivity contribution in [2.75, 3.05) is 13.1 Å². The van der Waals surface area contributed by atoms with Crippen LogP contribution in [0.2, 0.25) is 0 Å². The Bertz CT molecular complexity index is 383. The molecule has 1 rings (SSSR count). The molecule has 0 radical (unpaired) electrons. The van der Waals surface area contributed by atoms with Gasteiger partial charge in [0.25, 0.3) is 0 Å². The third-order valence-electron chi connectivity index (χ3n) is 1.93. The van der Waals surface area contributed by atoms with Crippen molar-refractivity contribution < 1.29 is 0 Å². The number of nitrogens with zero attached hydrogens (tertiary/aromatic N) is 3. The summed E-state index contributed by atoms with van der Waals surface area (Å²) in [5, 5.41) is 7.19. The first kappa shape index (κ1) is 16.0. The van der Waals surface area contributed by atoms with E-state index in [-0.39, 0.29) is 24.0 Å². The minimum absolute atomic E-state index is 0. The molecule has 96 valence electrons. The zero-order chi connectivity index (χ0) is 12.0. The molecular formula is C11H20IN5. The van der Waals surface area contributed by atoms with E-state index in [0.29, 0.717) is 19.0 Å². The Labute approximate surface area is 119 Å². The molecule has 0 unspecified atom stereocenters. The van der Waals surface area contributed by atoms with Crippen molar-refractivity contribution >= 4 is 29.9 Å². The monoisotopic (exact) mass is 349 g/mol. The molecule has 0 aliphatic heterocycles. The van der Waals surface area contributed by atoms with Crippen molar-refractivity contribution in [2.45, 2.75) is 20.4 Å². The second kappa shape index (κ2) is 8.10. The van der Waals surface area contributed by atoms with Crippen LogP contribution >= 0.6 is 24.0 Å². The SMILES string of the molecule is C=C(C)CN=C(N)NCCn1cc(C)cn1.I. The normalized spacial score (nSPS) is 10.8. The third kappa shape index (κ3) is 6.98. The van der Waals surface area contributed by atoms with Crippen LogP contribution in [0.5, 0.6) is 0 Å². The summed E-state index contributed by atoms with van der Waals surface area (Å²) >= 11 is 0. The summed E-state index contributed by atoms with van der Waals surface area (Å²) in [5.41, 5.74) is 7.81. The Morgan fingerprint density at radius 1 is 1.65 bits per heavy atom. The summed E-state index contributed by atoms with van der Waals surface area (Å²) in [6.07, 6.45) is 3.82. The fourth-order valence-electron chi connectivity index (χ4n) is 1.16. The van der Waals surface area contributed by atoms with E-state index in [4.69, 9.17) is 5.73 Å². The van der Waals surface area contributed by atoms with Crippen LogP contribution in [0.1, 0.15) is 12.5 Å². The third-order valence-corrected chi connectivity index (χ3v) is 1.93. The predicted molar refractivity (Wildman–Crippen MR) is 81.7 cm³/mol. The molecule has 0 fully saturated rings. The molecule has 5 nitrogen and oxygen atoms in total. The molecule has 1 heterocycles. The molecule has 0 amide bonds. The molecule has 0 aliphatic rings. The number of nitrogens with two attached hydrogens (primary N) is 1. The molecule has 0 bridgehead atoms. The van der Waals surface area contributed by atoms with Crippen molar-refractivity contribution in [3.63, 3.8) is 0 Å². The van der Waals surface area contributed by atoms with Gasteiger partial charge >= 0.3 is 0 Å². The molecule has 1 aromatic rings. The summed E-state index contributed by atoms with van der Waals surface area (Å²) in [6, 6.07) is 0. The Kier molecular flexibility index (Phi) is 7.60. The highest BCUT2D eigenvalue weighted by Crippen LogP contribution is 1.92. The highest BCUT2D eigenvalue weighted by Gasteiger charge is 1.94. The molecule has 0 atom stereocenters. The molecule has 0 aliphatic carbocycles. The smallest absolute Gasteiger partial charge is 0.188 e. The molecule has 0 aromatic carbocycles. The van der Waals surface area contributed by atoms with E-state index < -0.39 is 0 Å². The van der Waals surface area contributed by atoms with Gasteiger partial charge in [0.05, 0.1) is 19.3 Å². The van der Waals surface area contributed by atoms with Crippen molar-refractivity contribution in [1.82, 2.24) is 15.1 Å². The Morgan fingerprint density at radius 3 is 2.88 bits per heavy atom. The van der Waals surface area contributed by atoms with Crippen LogP contribution in [0.3, 0.4) is 0 Å². The number of hydrogen-bond acceptors (Lipinski definition) is 2. The van der Waals surface area contributed by atoms with E-state index in [1.165, 1.54) is 0 Å². The van der Waals surface area contributed by atoms with Gasteiger partial charge in [-0.2, -0.15) is 5.10 Å². The van der Waals surface area contributed by atoms with Crippen LogP contribution < -0.4 is 11.1 Å². The van der Waals surface area contributed by atoms with Gasteiger partial charge < -0.3 is 11.1 Å². The largest absolute Gasteiger partial charge is 0.370 e. The number of nitrogens with one attached hydrogen (secondary N) is 1. The number of aryl methyl sites for hydroxylation is 1. The van der Waals surface area contributed by atoms with Crippen molar-refractivity contribution in [3.8, 4) is 0 Å². The van der Waals surface area contributed by atoms with E-state index in [9.17, 15) is 0 Å². The van der Waals surface area contributed by atoms with Crippen LogP contribution in [-0.2, 0) is 6.54 Å². The van der Waals surface area contributed by atoms with Crippen molar-refractivity contribution in [2.24, 2.45) is 10.7 Å². The maximum atomic E-state index is 5.66. The molecule has 1 aromatic heterocycles. The molecular weight excluding hydrogens is 329 g/mol. The zero-order valence-electron chi connectivity index (χ0n) is 10.3. The van der Waals surface area contributed by atoms with E-state index in [1.54, 1.807) is 0 Å². The number of guanidine groups is 1. The van der Waals surface area contributed by atoms with Crippen LogP contribution in [0, 0.1) is 6.92 Å². The minimum Gasteiger partial charge on any atom is -0.370 e. The van der Waals surface area contributed by atoms with Gasteiger partial charge in [-0.3, -0.25) is 4.68 Å². The molecule has 0 saturated heterocycles. The summed E-state index contributed by atoms with van der Waals surface area (Å²) in [4.78, 5) is 4.11. The van der Waals surface area contributed by atoms with E-state index >= 15 is 0 Å². The molecule has 17 heavy (non-hydrogen) atoms. The second-order valence-corrected chi connectivity index (χ2v) is 3.87. The van der Waals surface area contributed by atoms with E-state index in [2.05, 4.69) is 22.0 Å². The highest BCUT2D eigenvalue weighted by molar-refractivity contribution is 14.0. The lowest BCUT2D eigenvalue weighted by Crippen LogP contribution is -2.34. The van der Waals surface area contributed by atoms with Gasteiger partial charge in [0.15, 0.2) is 5.96 Å². The average molecular weight is 349 g/mol. The van der Waals surface area contributed by atoms with Gasteiger partial charge in [-0.15, -0.1) is 24.0 Å². The molecule has 3 N–H and O–H groups in total. The Hall–Kier alpha value is -1.05. The van der Waals surface area contributed by atoms with Gasteiger partial charge in [0.2, 0.25) is 0 Å². The molecule has 6 heteroatoms. The quantitative estimate of drug-likeness (QED) is 0.364. The van der Waals surface area contributed by atoms with Gasteiger partial charge in [0, 0.05) is 12.7 Å². The second-order valence-electron chi connectivity index (χ2n) is 3.87. The van der Waals surface area contributed by atoms with Crippen LogP contribution in [0.25, 0.3) is 0 Å². The fourth-order valence-corrected chi connectivity index (χ4v) is 1.16. The van der Waals surface area contributed by atoms with Crippen molar-refractivity contribution in [3.05, 3.63) is 30.1 Å². The van der Waals surface area contributed by atoms with Crippen molar-refractivity contribution in [1.29, 1.82) is 0 Å². The maximum Gasteiger partial charge on any atom is 0.188 e. The van der Waals surface area contributed by atoms with Gasteiger partial charge in [-0.25, -0.2) is 4.99 Å².